The van der Waals surface area contributed by atoms with Crippen molar-refractivity contribution in [1.29, 1.82) is 0 Å². The van der Waals surface area contributed by atoms with Crippen molar-refractivity contribution in [3.05, 3.63) is 34.3 Å². The van der Waals surface area contributed by atoms with Gasteiger partial charge >= 0.3 is 0 Å². The first-order valence-electron chi connectivity index (χ1n) is 5.88. The molecule has 0 spiro atoms. The van der Waals surface area contributed by atoms with Crippen molar-refractivity contribution in [3.8, 4) is 11.8 Å². The summed E-state index contributed by atoms with van der Waals surface area (Å²) in [5.74, 6) is 4.94. The van der Waals surface area contributed by atoms with Crippen molar-refractivity contribution in [3.63, 3.8) is 0 Å². The van der Waals surface area contributed by atoms with Crippen LogP contribution in [0.15, 0.2) is 18.2 Å². The molecule has 1 rings (SSSR count). The first kappa shape index (κ1) is 16.4. The highest BCUT2D eigenvalue weighted by Gasteiger charge is 2.16. The number of amides is 1. The number of carbonyl (C=O) groups excluding carboxylic acids is 1. The zero-order valence-corrected chi connectivity index (χ0v) is 11.6. The summed E-state index contributed by atoms with van der Waals surface area (Å²) < 4.78 is 24.4. The molecule has 0 aliphatic carbocycles. The lowest BCUT2D eigenvalue weighted by Crippen LogP contribution is -2.31. The Hall–Kier alpha value is -1.64. The van der Waals surface area contributed by atoms with Crippen LogP contribution in [0.2, 0.25) is 5.02 Å². The number of aliphatic hydroxyl groups excluding tert-OH is 1. The van der Waals surface area contributed by atoms with Crippen molar-refractivity contribution >= 4 is 17.5 Å². The number of hydrogen-bond acceptors (Lipinski definition) is 2. The van der Waals surface area contributed by atoms with Gasteiger partial charge in [-0.3, -0.25) is 4.79 Å². The smallest absolute Gasteiger partial charge is 0.255 e. The van der Waals surface area contributed by atoms with E-state index in [9.17, 15) is 13.6 Å². The minimum atomic E-state index is -2.58. The van der Waals surface area contributed by atoms with Crippen LogP contribution in [0.3, 0.4) is 0 Å². The van der Waals surface area contributed by atoms with E-state index in [1.807, 2.05) is 0 Å². The quantitative estimate of drug-likeness (QED) is 0.868. The van der Waals surface area contributed by atoms with Crippen molar-refractivity contribution < 1.29 is 18.7 Å². The van der Waals surface area contributed by atoms with Crippen LogP contribution >= 0.6 is 11.6 Å². The number of rotatable bonds is 4. The molecule has 6 heteroatoms. The summed E-state index contributed by atoms with van der Waals surface area (Å²) in [5.41, 5.74) is 0.749. The molecule has 0 bridgehead atoms. The van der Waals surface area contributed by atoms with Gasteiger partial charge in [-0.1, -0.05) is 23.4 Å². The van der Waals surface area contributed by atoms with E-state index in [2.05, 4.69) is 11.8 Å². The molecule has 108 valence electrons. The van der Waals surface area contributed by atoms with Gasteiger partial charge in [-0.2, -0.15) is 0 Å². The number of halogens is 3. The maximum atomic E-state index is 12.2. The van der Waals surface area contributed by atoms with E-state index < -0.39 is 18.9 Å². The van der Waals surface area contributed by atoms with Crippen LogP contribution in [-0.4, -0.2) is 42.5 Å². The third-order valence-electron chi connectivity index (χ3n) is 2.43. The van der Waals surface area contributed by atoms with Gasteiger partial charge in [-0.15, -0.1) is 0 Å². The predicted molar refractivity (Wildman–Crippen MR) is 73.0 cm³/mol. The largest absolute Gasteiger partial charge is 0.395 e. The summed E-state index contributed by atoms with van der Waals surface area (Å²) in [6.07, 6.45) is -2.25. The third-order valence-corrected chi connectivity index (χ3v) is 2.75. The van der Waals surface area contributed by atoms with Gasteiger partial charge in [0.25, 0.3) is 12.3 Å². The van der Waals surface area contributed by atoms with E-state index in [1.165, 1.54) is 19.2 Å². The lowest BCUT2D eigenvalue weighted by Gasteiger charge is -2.16. The molecule has 0 unspecified atom stereocenters. The van der Waals surface area contributed by atoms with Crippen molar-refractivity contribution in [2.45, 2.75) is 12.8 Å². The molecular formula is C14H14ClF2NO2. The van der Waals surface area contributed by atoms with Gasteiger partial charge in [0.2, 0.25) is 0 Å². The number of aliphatic hydroxyl groups is 1. The lowest BCUT2D eigenvalue weighted by atomic mass is 10.1. The van der Waals surface area contributed by atoms with Crippen LogP contribution in [0.5, 0.6) is 0 Å². The third kappa shape index (κ3) is 4.80. The molecule has 1 aromatic carbocycles. The molecule has 0 aromatic heterocycles. The molecule has 0 saturated heterocycles. The molecule has 0 atom stereocenters. The van der Waals surface area contributed by atoms with Crippen LogP contribution in [0.4, 0.5) is 8.78 Å². The van der Waals surface area contributed by atoms with E-state index in [4.69, 9.17) is 16.7 Å². The van der Waals surface area contributed by atoms with Crippen LogP contribution in [-0.2, 0) is 0 Å². The Morgan fingerprint density at radius 3 is 2.75 bits per heavy atom. The molecule has 20 heavy (non-hydrogen) atoms. The summed E-state index contributed by atoms with van der Waals surface area (Å²) in [4.78, 5) is 12.8. The molecule has 1 amide bonds. The Morgan fingerprint density at radius 2 is 2.20 bits per heavy atom. The molecule has 0 heterocycles. The number of carbonyl (C=O) groups is 1. The number of nitrogens with zero attached hydrogens (tertiary/aromatic N) is 1. The van der Waals surface area contributed by atoms with Crippen molar-refractivity contribution in [2.24, 2.45) is 0 Å². The molecule has 0 aliphatic rings. The summed E-state index contributed by atoms with van der Waals surface area (Å²) in [6, 6.07) is 4.43. The second kappa shape index (κ2) is 7.83. The van der Waals surface area contributed by atoms with Crippen molar-refractivity contribution in [2.75, 3.05) is 20.2 Å². The highest BCUT2D eigenvalue weighted by atomic mass is 35.5. The van der Waals surface area contributed by atoms with E-state index in [0.29, 0.717) is 12.0 Å². The molecule has 1 N–H and O–H groups in total. The topological polar surface area (TPSA) is 40.5 Å². The summed E-state index contributed by atoms with van der Waals surface area (Å²) in [6.45, 7) is -0.672. The fourth-order valence-corrected chi connectivity index (χ4v) is 1.70. The zero-order chi connectivity index (χ0) is 15.1. The number of benzene rings is 1. The van der Waals surface area contributed by atoms with Gasteiger partial charge in [-0.05, 0) is 18.2 Å². The molecule has 0 saturated carbocycles. The normalized spacial score (nSPS) is 10.1. The molecular weight excluding hydrogens is 288 g/mol. The van der Waals surface area contributed by atoms with Gasteiger partial charge in [0.1, 0.15) is 0 Å². The Balaban J connectivity index is 2.87. The van der Waals surface area contributed by atoms with Crippen molar-refractivity contribution in [1.82, 2.24) is 4.90 Å². The maximum absolute atomic E-state index is 12.2. The minimum Gasteiger partial charge on any atom is -0.395 e. The molecule has 0 aliphatic heterocycles. The fraction of sp³-hybridized carbons (Fsp3) is 0.357. The monoisotopic (exact) mass is 301 g/mol. The van der Waals surface area contributed by atoms with Gasteiger partial charge in [0, 0.05) is 24.6 Å². The first-order valence-corrected chi connectivity index (χ1v) is 6.26. The Bertz CT molecular complexity index is 538. The van der Waals surface area contributed by atoms with E-state index in [0.717, 1.165) is 4.90 Å². The fourth-order valence-electron chi connectivity index (χ4n) is 1.47. The predicted octanol–water partition coefficient (Wildman–Crippen LogP) is 2.41. The number of alkyl halides is 2. The summed E-state index contributed by atoms with van der Waals surface area (Å²) in [7, 11) is 1.30. The van der Waals surface area contributed by atoms with E-state index in [-0.39, 0.29) is 17.2 Å². The van der Waals surface area contributed by atoms with Crippen LogP contribution < -0.4 is 0 Å². The van der Waals surface area contributed by atoms with Crippen LogP contribution in [0.25, 0.3) is 0 Å². The molecule has 0 fully saturated rings. The van der Waals surface area contributed by atoms with Gasteiger partial charge in [0.05, 0.1) is 18.2 Å². The lowest BCUT2D eigenvalue weighted by molar-refractivity contribution is 0.0620. The minimum absolute atomic E-state index is 0.0421. The van der Waals surface area contributed by atoms with Crippen LogP contribution in [0, 0.1) is 11.8 Å². The standard InChI is InChI=1S/C14H14ClF2NO2/c1-18(9-13(16)17)14(20)11-6-5-10(12(15)8-11)4-2-3-7-19/h5-6,8,13,19H,3,7,9H2,1H3. The Labute approximate surface area is 121 Å². The number of hydrogen-bond donors (Lipinski definition) is 1. The SMILES string of the molecule is CN(CC(F)F)C(=O)c1ccc(C#CCCO)c(Cl)c1. The highest BCUT2D eigenvalue weighted by molar-refractivity contribution is 6.32. The average molecular weight is 302 g/mol. The molecule has 1 aromatic rings. The van der Waals surface area contributed by atoms with Crippen LogP contribution in [0.1, 0.15) is 22.3 Å². The van der Waals surface area contributed by atoms with Gasteiger partial charge < -0.3 is 10.0 Å². The molecule has 3 nitrogen and oxygen atoms in total. The average Bonchev–Trinajstić information content (AvgIpc) is 2.39. The maximum Gasteiger partial charge on any atom is 0.255 e. The Kier molecular flexibility index (Phi) is 6.43. The second-order valence-corrected chi connectivity index (χ2v) is 4.45. The Morgan fingerprint density at radius 1 is 1.50 bits per heavy atom. The second-order valence-electron chi connectivity index (χ2n) is 4.05. The van der Waals surface area contributed by atoms with E-state index >= 15 is 0 Å². The first-order chi connectivity index (χ1) is 9.45. The summed E-state index contributed by atoms with van der Waals surface area (Å²) in [5, 5.41) is 8.89. The molecule has 0 radical (unpaired) electrons. The van der Waals surface area contributed by atoms with Gasteiger partial charge in [0.15, 0.2) is 0 Å². The zero-order valence-electron chi connectivity index (χ0n) is 10.9. The van der Waals surface area contributed by atoms with E-state index in [1.54, 1.807) is 6.07 Å². The highest BCUT2D eigenvalue weighted by Crippen LogP contribution is 2.18. The van der Waals surface area contributed by atoms with Gasteiger partial charge in [-0.25, -0.2) is 8.78 Å². The summed E-state index contributed by atoms with van der Waals surface area (Å²) >= 11 is 5.98.